The third-order valence-corrected chi connectivity index (χ3v) is 4.04. The summed E-state index contributed by atoms with van der Waals surface area (Å²) in [6, 6.07) is 11.6. The van der Waals surface area contributed by atoms with Crippen LogP contribution in [-0.4, -0.2) is 28.2 Å². The third-order valence-electron chi connectivity index (χ3n) is 4.04. The number of methoxy groups -OCH3 is 1. The molecule has 1 unspecified atom stereocenters. The highest BCUT2D eigenvalue weighted by atomic mass is 16.5. The van der Waals surface area contributed by atoms with Gasteiger partial charge in [0.2, 0.25) is 5.91 Å². The average molecular weight is 366 g/mol. The van der Waals surface area contributed by atoms with Crippen molar-refractivity contribution in [3.05, 3.63) is 92.3 Å². The van der Waals surface area contributed by atoms with E-state index in [4.69, 9.17) is 4.74 Å². The number of rotatable bonds is 6. The molecular formula is C19H18N4O4. The molecular weight excluding hydrogens is 348 g/mol. The van der Waals surface area contributed by atoms with Gasteiger partial charge in [0.15, 0.2) is 0 Å². The van der Waals surface area contributed by atoms with Gasteiger partial charge in [0, 0.05) is 24.0 Å². The number of amides is 1. The van der Waals surface area contributed by atoms with E-state index < -0.39 is 17.2 Å². The first-order valence-corrected chi connectivity index (χ1v) is 8.21. The predicted octanol–water partition coefficient (Wildman–Crippen LogP) is 0.915. The maximum absolute atomic E-state index is 12.5. The van der Waals surface area contributed by atoms with Gasteiger partial charge in [0.05, 0.1) is 19.6 Å². The summed E-state index contributed by atoms with van der Waals surface area (Å²) in [6.07, 6.45) is 3.07. The van der Waals surface area contributed by atoms with Gasteiger partial charge in [-0.3, -0.25) is 29.6 Å². The van der Waals surface area contributed by atoms with E-state index in [1.54, 1.807) is 43.8 Å². The second-order valence-corrected chi connectivity index (χ2v) is 5.84. The zero-order valence-electron chi connectivity index (χ0n) is 14.6. The first-order chi connectivity index (χ1) is 13.1. The number of nitrogens with one attached hydrogen (secondary N) is 3. The van der Waals surface area contributed by atoms with Gasteiger partial charge in [0.1, 0.15) is 5.75 Å². The molecule has 0 spiro atoms. The minimum atomic E-state index is -0.505. The van der Waals surface area contributed by atoms with Gasteiger partial charge in [-0.05, 0) is 35.4 Å². The summed E-state index contributed by atoms with van der Waals surface area (Å²) in [5.41, 5.74) is 0.797. The molecule has 3 aromatic rings. The summed E-state index contributed by atoms with van der Waals surface area (Å²) in [5.74, 6) is 0.317. The Balaban J connectivity index is 1.86. The van der Waals surface area contributed by atoms with Crippen molar-refractivity contribution in [2.75, 3.05) is 7.11 Å². The Morgan fingerprint density at radius 2 is 1.74 bits per heavy atom. The van der Waals surface area contributed by atoms with E-state index >= 15 is 0 Å². The molecule has 0 radical (unpaired) electrons. The number of carbonyl (C=O) groups is 1. The van der Waals surface area contributed by atoms with Crippen molar-refractivity contribution >= 4 is 5.91 Å². The molecule has 0 saturated carbocycles. The molecule has 3 rings (SSSR count). The molecule has 0 fully saturated rings. The molecule has 0 bridgehead atoms. The monoisotopic (exact) mass is 366 g/mol. The summed E-state index contributed by atoms with van der Waals surface area (Å²) < 4.78 is 5.17. The number of H-pyrrole nitrogens is 2. The Bertz CT molecular complexity index is 1030. The Labute approximate surface area is 154 Å². The lowest BCUT2D eigenvalue weighted by Crippen LogP contribution is -2.33. The summed E-state index contributed by atoms with van der Waals surface area (Å²) >= 11 is 0. The van der Waals surface area contributed by atoms with Crippen molar-refractivity contribution in [1.29, 1.82) is 0 Å². The molecule has 0 aliphatic rings. The molecule has 2 heterocycles. The molecule has 2 aromatic heterocycles. The number of nitrogens with zero attached hydrogens (tertiary/aromatic N) is 1. The molecule has 8 heteroatoms. The van der Waals surface area contributed by atoms with Gasteiger partial charge in [-0.15, -0.1) is 0 Å². The number of hydrogen-bond donors (Lipinski definition) is 3. The summed E-state index contributed by atoms with van der Waals surface area (Å²) in [4.78, 5) is 39.7. The van der Waals surface area contributed by atoms with Crippen molar-refractivity contribution in [1.82, 2.24) is 20.5 Å². The summed E-state index contributed by atoms with van der Waals surface area (Å²) in [7, 11) is 1.58. The van der Waals surface area contributed by atoms with E-state index in [1.165, 1.54) is 0 Å². The van der Waals surface area contributed by atoms with E-state index in [0.29, 0.717) is 5.75 Å². The number of benzene rings is 1. The predicted molar refractivity (Wildman–Crippen MR) is 98.6 cm³/mol. The summed E-state index contributed by atoms with van der Waals surface area (Å²) in [6.45, 7) is 0. The highest BCUT2D eigenvalue weighted by molar-refractivity contribution is 5.79. The number of pyridine rings is 1. The van der Waals surface area contributed by atoms with E-state index in [1.807, 2.05) is 12.1 Å². The second-order valence-electron chi connectivity index (χ2n) is 5.84. The highest BCUT2D eigenvalue weighted by Gasteiger charge is 2.18. The normalized spacial score (nSPS) is 11.6. The smallest absolute Gasteiger partial charge is 0.266 e. The molecule has 0 aliphatic carbocycles. The van der Waals surface area contributed by atoms with Crippen molar-refractivity contribution in [3.63, 3.8) is 0 Å². The lowest BCUT2D eigenvalue weighted by molar-refractivity contribution is -0.120. The SMILES string of the molecule is COc1ccc(C(NC(=O)Cc2cc(=O)[nH][nH]c2=O)c2ccncc2)cc1. The molecule has 1 amide bonds. The van der Waals surface area contributed by atoms with Crippen LogP contribution in [0.1, 0.15) is 22.7 Å². The van der Waals surface area contributed by atoms with Crippen LogP contribution in [-0.2, 0) is 11.2 Å². The van der Waals surface area contributed by atoms with Crippen LogP contribution in [0.4, 0.5) is 0 Å². The van der Waals surface area contributed by atoms with Crippen LogP contribution in [0, 0.1) is 0 Å². The Morgan fingerprint density at radius 3 is 2.41 bits per heavy atom. The Morgan fingerprint density at radius 1 is 1.07 bits per heavy atom. The zero-order chi connectivity index (χ0) is 19.2. The maximum Gasteiger partial charge on any atom is 0.266 e. The summed E-state index contributed by atoms with van der Waals surface area (Å²) in [5, 5.41) is 7.29. The van der Waals surface area contributed by atoms with E-state index in [0.717, 1.165) is 17.2 Å². The van der Waals surface area contributed by atoms with Gasteiger partial charge in [-0.25, -0.2) is 0 Å². The van der Waals surface area contributed by atoms with Gasteiger partial charge >= 0.3 is 0 Å². The molecule has 3 N–H and O–H groups in total. The van der Waals surface area contributed by atoms with Crippen molar-refractivity contribution in [2.45, 2.75) is 12.5 Å². The molecule has 0 aliphatic heterocycles. The Hall–Kier alpha value is -3.68. The highest BCUT2D eigenvalue weighted by Crippen LogP contribution is 2.23. The largest absolute Gasteiger partial charge is 0.497 e. The molecule has 1 aromatic carbocycles. The first-order valence-electron chi connectivity index (χ1n) is 8.21. The quantitative estimate of drug-likeness (QED) is 0.600. The van der Waals surface area contributed by atoms with Crippen LogP contribution in [0.3, 0.4) is 0 Å². The molecule has 138 valence electrons. The number of carbonyl (C=O) groups excluding carboxylic acids is 1. The van der Waals surface area contributed by atoms with Crippen molar-refractivity contribution < 1.29 is 9.53 Å². The fourth-order valence-electron chi connectivity index (χ4n) is 2.69. The van der Waals surface area contributed by atoms with Crippen LogP contribution in [0.2, 0.25) is 0 Å². The van der Waals surface area contributed by atoms with Crippen LogP contribution < -0.4 is 21.2 Å². The average Bonchev–Trinajstić information content (AvgIpc) is 2.70. The standard InChI is InChI=1S/C19H18N4O4/c1-27-15-4-2-12(3-5-15)18(13-6-8-20-9-7-13)21-16(24)10-14-11-17(25)22-23-19(14)26/h2-9,11,18H,10H2,1H3,(H,21,24)(H,22,25)(H,23,26). The molecule has 1 atom stereocenters. The fourth-order valence-corrected chi connectivity index (χ4v) is 2.69. The molecule has 8 nitrogen and oxygen atoms in total. The minimum absolute atomic E-state index is 0.0967. The number of aromatic amines is 2. The van der Waals surface area contributed by atoms with Crippen molar-refractivity contribution in [3.8, 4) is 5.75 Å². The van der Waals surface area contributed by atoms with Crippen molar-refractivity contribution in [2.24, 2.45) is 0 Å². The van der Waals surface area contributed by atoms with E-state index in [-0.39, 0.29) is 17.9 Å². The number of hydrogen-bond acceptors (Lipinski definition) is 5. The van der Waals surface area contributed by atoms with Gasteiger partial charge < -0.3 is 10.1 Å². The van der Waals surface area contributed by atoms with Crippen LogP contribution in [0.15, 0.2) is 64.4 Å². The van der Waals surface area contributed by atoms with Crippen LogP contribution >= 0.6 is 0 Å². The second kappa shape index (κ2) is 8.13. The fraction of sp³-hybridized carbons (Fsp3) is 0.158. The minimum Gasteiger partial charge on any atom is -0.497 e. The van der Waals surface area contributed by atoms with Crippen LogP contribution in [0.25, 0.3) is 0 Å². The number of aromatic nitrogens is 3. The lowest BCUT2D eigenvalue weighted by atomic mass is 9.99. The Kier molecular flexibility index (Phi) is 5.46. The maximum atomic E-state index is 12.5. The van der Waals surface area contributed by atoms with E-state index in [9.17, 15) is 14.4 Å². The van der Waals surface area contributed by atoms with Gasteiger partial charge in [0.25, 0.3) is 11.1 Å². The third kappa shape index (κ3) is 4.49. The topological polar surface area (TPSA) is 117 Å². The van der Waals surface area contributed by atoms with E-state index in [2.05, 4.69) is 20.5 Å². The van der Waals surface area contributed by atoms with Crippen LogP contribution in [0.5, 0.6) is 5.75 Å². The van der Waals surface area contributed by atoms with Gasteiger partial charge in [-0.2, -0.15) is 0 Å². The molecule has 27 heavy (non-hydrogen) atoms. The lowest BCUT2D eigenvalue weighted by Gasteiger charge is -2.20. The number of ether oxygens (including phenoxy) is 1. The van der Waals surface area contributed by atoms with Gasteiger partial charge in [-0.1, -0.05) is 12.1 Å². The first kappa shape index (κ1) is 18.1. The molecule has 0 saturated heterocycles. The zero-order valence-corrected chi connectivity index (χ0v) is 14.6.